The molecular weight excluding hydrogens is 256 g/mol. The van der Waals surface area contributed by atoms with Crippen molar-refractivity contribution in [2.24, 2.45) is 5.73 Å². The van der Waals surface area contributed by atoms with E-state index in [1.165, 1.54) is 0 Å². The van der Waals surface area contributed by atoms with E-state index in [2.05, 4.69) is 6.07 Å². The average Bonchev–Trinajstić information content (AvgIpc) is 2.44. The summed E-state index contributed by atoms with van der Waals surface area (Å²) < 4.78 is 0. The van der Waals surface area contributed by atoms with E-state index < -0.39 is 0 Å². The lowest BCUT2D eigenvalue weighted by atomic mass is 10.00. The Morgan fingerprint density at radius 2 is 1.79 bits per heavy atom. The molecule has 2 N–H and O–H groups in total. The van der Waals surface area contributed by atoms with Crippen molar-refractivity contribution in [2.45, 2.75) is 6.92 Å². The van der Waals surface area contributed by atoms with Crippen LogP contribution in [0.25, 0.3) is 11.3 Å². The number of nitriles is 1. The lowest BCUT2D eigenvalue weighted by Gasteiger charge is -2.08. The van der Waals surface area contributed by atoms with Gasteiger partial charge in [-0.05, 0) is 35.7 Å². The fourth-order valence-electron chi connectivity index (χ4n) is 1.84. The first kappa shape index (κ1) is 13.2. The van der Waals surface area contributed by atoms with Gasteiger partial charge in [0.15, 0.2) is 0 Å². The predicted octanol–water partition coefficient (Wildman–Crippen LogP) is 4.00. The Kier molecular flexibility index (Phi) is 3.89. The number of allylic oxidation sites excluding steroid dienone is 1. The highest BCUT2D eigenvalue weighted by Crippen LogP contribution is 2.25. The highest BCUT2D eigenvalue weighted by atomic mass is 35.5. The van der Waals surface area contributed by atoms with Crippen LogP contribution in [0.5, 0.6) is 0 Å². The summed E-state index contributed by atoms with van der Waals surface area (Å²) in [5.41, 5.74) is 9.62. The quantitative estimate of drug-likeness (QED) is 0.661. The van der Waals surface area contributed by atoms with Crippen LogP contribution in [0, 0.1) is 18.3 Å². The fourth-order valence-corrected chi connectivity index (χ4v) is 1.96. The zero-order chi connectivity index (χ0) is 13.8. The molecule has 0 amide bonds. The molecule has 0 spiro atoms. The average molecular weight is 269 g/mol. The standard InChI is InChI=1S/C16H13ClN2/c1-11-9-13(7-8-15(11)17)16(19)14(10-18)12-5-3-2-4-6-12/h2-9H,19H2,1H3/b16-14+. The molecule has 0 aliphatic heterocycles. The van der Waals surface area contributed by atoms with Crippen LogP contribution < -0.4 is 5.73 Å². The Morgan fingerprint density at radius 1 is 1.11 bits per heavy atom. The van der Waals surface area contributed by atoms with Gasteiger partial charge in [-0.1, -0.05) is 48.0 Å². The Bertz CT molecular complexity index is 667. The van der Waals surface area contributed by atoms with E-state index in [0.29, 0.717) is 16.3 Å². The minimum atomic E-state index is 0.466. The van der Waals surface area contributed by atoms with E-state index in [1.807, 2.05) is 49.4 Å². The van der Waals surface area contributed by atoms with E-state index >= 15 is 0 Å². The van der Waals surface area contributed by atoms with Crippen molar-refractivity contribution >= 4 is 22.9 Å². The summed E-state index contributed by atoms with van der Waals surface area (Å²) in [5, 5.41) is 10.0. The van der Waals surface area contributed by atoms with Crippen molar-refractivity contribution in [2.75, 3.05) is 0 Å². The van der Waals surface area contributed by atoms with Gasteiger partial charge in [-0.15, -0.1) is 0 Å². The fraction of sp³-hybridized carbons (Fsp3) is 0.0625. The maximum absolute atomic E-state index is 9.32. The van der Waals surface area contributed by atoms with Crippen LogP contribution >= 0.6 is 11.6 Å². The largest absolute Gasteiger partial charge is 0.397 e. The van der Waals surface area contributed by atoms with Crippen LogP contribution in [0.4, 0.5) is 0 Å². The third-order valence-electron chi connectivity index (χ3n) is 2.91. The van der Waals surface area contributed by atoms with Crippen LogP contribution in [0.1, 0.15) is 16.7 Å². The lowest BCUT2D eigenvalue weighted by Crippen LogP contribution is -2.01. The van der Waals surface area contributed by atoms with E-state index in [9.17, 15) is 5.26 Å². The molecule has 0 fully saturated rings. The summed E-state index contributed by atoms with van der Waals surface area (Å²) in [6, 6.07) is 17.1. The Hall–Kier alpha value is -2.24. The Labute approximate surface area is 117 Å². The van der Waals surface area contributed by atoms with Gasteiger partial charge in [0.1, 0.15) is 6.07 Å². The first-order valence-electron chi connectivity index (χ1n) is 5.85. The number of halogens is 1. The molecule has 0 aliphatic rings. The number of aryl methyl sites for hydroxylation is 1. The van der Waals surface area contributed by atoms with Crippen molar-refractivity contribution in [3.63, 3.8) is 0 Å². The van der Waals surface area contributed by atoms with Gasteiger partial charge >= 0.3 is 0 Å². The minimum Gasteiger partial charge on any atom is -0.397 e. The molecule has 2 aromatic rings. The molecule has 0 atom stereocenters. The number of rotatable bonds is 2. The topological polar surface area (TPSA) is 49.8 Å². The zero-order valence-electron chi connectivity index (χ0n) is 10.5. The molecule has 2 rings (SSSR count). The second-order valence-electron chi connectivity index (χ2n) is 4.23. The van der Waals surface area contributed by atoms with Crippen molar-refractivity contribution in [3.05, 3.63) is 70.2 Å². The number of nitrogens with zero attached hydrogens (tertiary/aromatic N) is 1. The number of hydrogen-bond donors (Lipinski definition) is 1. The molecule has 2 nitrogen and oxygen atoms in total. The van der Waals surface area contributed by atoms with Crippen molar-refractivity contribution < 1.29 is 0 Å². The summed E-state index contributed by atoms with van der Waals surface area (Å²) in [7, 11) is 0. The van der Waals surface area contributed by atoms with Gasteiger partial charge in [0.05, 0.1) is 11.3 Å². The van der Waals surface area contributed by atoms with Gasteiger partial charge in [-0.2, -0.15) is 5.26 Å². The van der Waals surface area contributed by atoms with Crippen LogP contribution in [0.3, 0.4) is 0 Å². The van der Waals surface area contributed by atoms with Crippen molar-refractivity contribution in [1.29, 1.82) is 5.26 Å². The molecule has 0 aliphatic carbocycles. The number of benzene rings is 2. The summed E-state index contributed by atoms with van der Waals surface area (Å²) in [6.45, 7) is 1.91. The van der Waals surface area contributed by atoms with Crippen LogP contribution in [0.15, 0.2) is 48.5 Å². The third-order valence-corrected chi connectivity index (χ3v) is 3.34. The molecule has 2 aromatic carbocycles. The molecule has 3 heteroatoms. The molecule has 0 unspecified atom stereocenters. The lowest BCUT2D eigenvalue weighted by molar-refractivity contribution is 1.42. The Balaban J connectivity index is 2.56. The Morgan fingerprint density at radius 3 is 2.37 bits per heavy atom. The van der Waals surface area contributed by atoms with Gasteiger partial charge in [0.2, 0.25) is 0 Å². The molecule has 0 bridgehead atoms. The maximum Gasteiger partial charge on any atom is 0.102 e. The smallest absolute Gasteiger partial charge is 0.102 e. The summed E-state index contributed by atoms with van der Waals surface area (Å²) in [5.74, 6) is 0. The summed E-state index contributed by atoms with van der Waals surface area (Å²) >= 11 is 5.99. The minimum absolute atomic E-state index is 0.466. The predicted molar refractivity (Wildman–Crippen MR) is 79.2 cm³/mol. The summed E-state index contributed by atoms with van der Waals surface area (Å²) in [4.78, 5) is 0. The van der Waals surface area contributed by atoms with Gasteiger partial charge in [-0.25, -0.2) is 0 Å². The van der Waals surface area contributed by atoms with Gasteiger partial charge in [-0.3, -0.25) is 0 Å². The number of nitrogens with two attached hydrogens (primary N) is 1. The van der Waals surface area contributed by atoms with Gasteiger partial charge in [0, 0.05) is 5.02 Å². The summed E-state index contributed by atoms with van der Waals surface area (Å²) in [6.07, 6.45) is 0. The van der Waals surface area contributed by atoms with E-state index in [1.54, 1.807) is 6.07 Å². The maximum atomic E-state index is 9.32. The molecule has 19 heavy (non-hydrogen) atoms. The second kappa shape index (κ2) is 5.60. The van der Waals surface area contributed by atoms with Crippen molar-refractivity contribution in [3.8, 4) is 6.07 Å². The normalized spacial score (nSPS) is 11.6. The van der Waals surface area contributed by atoms with Gasteiger partial charge < -0.3 is 5.73 Å². The van der Waals surface area contributed by atoms with Crippen LogP contribution in [-0.4, -0.2) is 0 Å². The second-order valence-corrected chi connectivity index (χ2v) is 4.64. The molecule has 0 radical (unpaired) electrons. The molecule has 0 saturated carbocycles. The first-order chi connectivity index (χ1) is 9.13. The highest BCUT2D eigenvalue weighted by Gasteiger charge is 2.09. The van der Waals surface area contributed by atoms with Crippen LogP contribution in [0.2, 0.25) is 5.02 Å². The first-order valence-corrected chi connectivity index (χ1v) is 6.23. The molecule has 94 valence electrons. The molecule has 0 heterocycles. The molecule has 0 aromatic heterocycles. The number of hydrogen-bond acceptors (Lipinski definition) is 2. The zero-order valence-corrected chi connectivity index (χ0v) is 11.3. The SMILES string of the molecule is Cc1cc(/C(N)=C(/C#N)c2ccccc2)ccc1Cl. The highest BCUT2D eigenvalue weighted by molar-refractivity contribution is 6.31. The van der Waals surface area contributed by atoms with E-state index in [-0.39, 0.29) is 0 Å². The monoisotopic (exact) mass is 268 g/mol. The van der Waals surface area contributed by atoms with Crippen LogP contribution in [-0.2, 0) is 0 Å². The van der Waals surface area contributed by atoms with Gasteiger partial charge in [0.25, 0.3) is 0 Å². The van der Waals surface area contributed by atoms with E-state index in [4.69, 9.17) is 17.3 Å². The van der Waals surface area contributed by atoms with Crippen molar-refractivity contribution in [1.82, 2.24) is 0 Å². The molecule has 0 saturated heterocycles. The third kappa shape index (κ3) is 2.78. The van der Waals surface area contributed by atoms with E-state index in [0.717, 1.165) is 16.7 Å². The molecular formula is C16H13ClN2.